The molecule has 2 saturated heterocycles. The van der Waals surface area contributed by atoms with Gasteiger partial charge in [-0.05, 0) is 56.6 Å². The van der Waals surface area contributed by atoms with Gasteiger partial charge in [-0.3, -0.25) is 4.79 Å². The van der Waals surface area contributed by atoms with Gasteiger partial charge in [0.05, 0.1) is 12.2 Å². The molecular formula is C21H23F3N4O. The number of pyridine rings is 1. The lowest BCUT2D eigenvalue weighted by Crippen LogP contribution is -2.35. The number of rotatable bonds is 4. The van der Waals surface area contributed by atoms with E-state index >= 15 is 0 Å². The molecular weight excluding hydrogens is 381 g/mol. The van der Waals surface area contributed by atoms with Gasteiger partial charge < -0.3 is 15.5 Å². The van der Waals surface area contributed by atoms with E-state index in [1.54, 1.807) is 11.0 Å². The van der Waals surface area contributed by atoms with E-state index in [9.17, 15) is 18.0 Å². The molecule has 29 heavy (non-hydrogen) atoms. The zero-order valence-corrected chi connectivity index (χ0v) is 15.9. The van der Waals surface area contributed by atoms with Crippen LogP contribution in [0.25, 0.3) is 11.1 Å². The van der Waals surface area contributed by atoms with E-state index in [2.05, 4.69) is 15.6 Å². The number of benzene rings is 1. The molecule has 0 bridgehead atoms. The maximum atomic E-state index is 14.5. The molecule has 0 saturated carbocycles. The maximum Gasteiger partial charge on any atom is 0.227 e. The van der Waals surface area contributed by atoms with Crippen LogP contribution in [-0.4, -0.2) is 43.2 Å². The zero-order chi connectivity index (χ0) is 20.4. The summed E-state index contributed by atoms with van der Waals surface area (Å²) in [5.41, 5.74) is 0.663. The highest BCUT2D eigenvalue weighted by molar-refractivity contribution is 6.00. The van der Waals surface area contributed by atoms with E-state index < -0.39 is 17.8 Å². The van der Waals surface area contributed by atoms with Crippen LogP contribution in [0.2, 0.25) is 0 Å². The van der Waals surface area contributed by atoms with E-state index in [1.165, 1.54) is 6.20 Å². The van der Waals surface area contributed by atoms with Gasteiger partial charge in [-0.1, -0.05) is 0 Å². The smallest absolute Gasteiger partial charge is 0.227 e. The first-order valence-electron chi connectivity index (χ1n) is 9.88. The molecule has 154 valence electrons. The van der Waals surface area contributed by atoms with Crippen molar-refractivity contribution >= 4 is 17.4 Å². The van der Waals surface area contributed by atoms with E-state index in [1.807, 2.05) is 0 Å². The first-order valence-corrected chi connectivity index (χ1v) is 9.88. The number of alkyl halides is 1. The Balaban J connectivity index is 1.76. The Morgan fingerprint density at radius 1 is 1.14 bits per heavy atom. The van der Waals surface area contributed by atoms with Crippen LogP contribution in [0.4, 0.5) is 24.7 Å². The molecule has 2 N–H and O–H groups in total. The van der Waals surface area contributed by atoms with Gasteiger partial charge in [0.2, 0.25) is 5.91 Å². The maximum absolute atomic E-state index is 14.5. The molecule has 1 aromatic heterocycles. The van der Waals surface area contributed by atoms with Crippen LogP contribution in [0, 0.1) is 17.6 Å². The number of hydrogen-bond acceptors (Lipinski definition) is 4. The van der Waals surface area contributed by atoms with Gasteiger partial charge in [0, 0.05) is 29.8 Å². The van der Waals surface area contributed by atoms with E-state index in [4.69, 9.17) is 0 Å². The molecule has 2 aromatic rings. The molecule has 0 spiro atoms. The van der Waals surface area contributed by atoms with Gasteiger partial charge >= 0.3 is 0 Å². The third-order valence-corrected chi connectivity index (χ3v) is 5.54. The fraction of sp³-hybridized carbons (Fsp3) is 0.429. The molecule has 8 heteroatoms. The number of hydrogen-bond donors (Lipinski definition) is 2. The van der Waals surface area contributed by atoms with Gasteiger partial charge in [-0.2, -0.15) is 0 Å². The number of carbonyl (C=O) groups excluding carboxylic acids is 1. The Morgan fingerprint density at radius 2 is 1.93 bits per heavy atom. The fourth-order valence-electron chi connectivity index (χ4n) is 3.96. The molecule has 1 atom stereocenters. The average molecular weight is 404 g/mol. The minimum absolute atomic E-state index is 0.0326. The van der Waals surface area contributed by atoms with Crippen molar-refractivity contribution in [1.29, 1.82) is 0 Å². The molecule has 1 aromatic carbocycles. The summed E-state index contributed by atoms with van der Waals surface area (Å²) in [7, 11) is 0. The topological polar surface area (TPSA) is 57.3 Å². The monoisotopic (exact) mass is 404 g/mol. The van der Waals surface area contributed by atoms with Crippen LogP contribution in [0.1, 0.15) is 19.3 Å². The number of piperidine rings is 1. The number of aromatic nitrogens is 1. The van der Waals surface area contributed by atoms with Gasteiger partial charge in [0.15, 0.2) is 5.82 Å². The second kappa shape index (κ2) is 8.41. The lowest BCUT2D eigenvalue weighted by Gasteiger charge is -2.26. The molecule has 2 fully saturated rings. The van der Waals surface area contributed by atoms with Gasteiger partial charge in [-0.25, -0.2) is 18.2 Å². The summed E-state index contributed by atoms with van der Waals surface area (Å²) in [6.07, 6.45) is 2.24. The van der Waals surface area contributed by atoms with Crippen LogP contribution in [0.5, 0.6) is 0 Å². The van der Waals surface area contributed by atoms with Crippen molar-refractivity contribution in [3.05, 3.63) is 42.1 Å². The van der Waals surface area contributed by atoms with Crippen molar-refractivity contribution in [2.24, 2.45) is 5.92 Å². The Bertz CT molecular complexity index is 901. The van der Waals surface area contributed by atoms with Crippen molar-refractivity contribution in [3.63, 3.8) is 0 Å². The van der Waals surface area contributed by atoms with Crippen molar-refractivity contribution < 1.29 is 18.0 Å². The third-order valence-electron chi connectivity index (χ3n) is 5.54. The zero-order valence-electron chi connectivity index (χ0n) is 15.9. The van der Waals surface area contributed by atoms with Gasteiger partial charge in [0.1, 0.15) is 17.8 Å². The highest BCUT2D eigenvalue weighted by Crippen LogP contribution is 2.38. The largest absolute Gasteiger partial charge is 0.352 e. The molecule has 2 aliphatic heterocycles. The second-order valence-electron chi connectivity index (χ2n) is 7.53. The van der Waals surface area contributed by atoms with Crippen molar-refractivity contribution in [3.8, 4) is 11.1 Å². The average Bonchev–Trinajstić information content (AvgIpc) is 3.17. The van der Waals surface area contributed by atoms with Crippen molar-refractivity contribution in [2.75, 3.05) is 36.4 Å². The molecule has 1 unspecified atom stereocenters. The fourth-order valence-corrected chi connectivity index (χ4v) is 3.96. The van der Waals surface area contributed by atoms with E-state index in [0.717, 1.165) is 31.3 Å². The van der Waals surface area contributed by atoms with Crippen molar-refractivity contribution in [2.45, 2.75) is 25.4 Å². The lowest BCUT2D eigenvalue weighted by atomic mass is 9.96. The minimum Gasteiger partial charge on any atom is -0.352 e. The summed E-state index contributed by atoms with van der Waals surface area (Å²) in [5, 5.41) is 6.12. The Hall–Kier alpha value is -2.61. The summed E-state index contributed by atoms with van der Waals surface area (Å²) >= 11 is 0. The van der Waals surface area contributed by atoms with Crippen LogP contribution in [0.15, 0.2) is 30.5 Å². The number of carbonyl (C=O) groups is 1. The van der Waals surface area contributed by atoms with Gasteiger partial charge in [0.25, 0.3) is 0 Å². The van der Waals surface area contributed by atoms with E-state index in [0.29, 0.717) is 42.9 Å². The Morgan fingerprint density at radius 3 is 2.66 bits per heavy atom. The van der Waals surface area contributed by atoms with Crippen LogP contribution >= 0.6 is 0 Å². The summed E-state index contributed by atoms with van der Waals surface area (Å²) in [6, 6.07) is 4.73. The normalized spacial score (nSPS) is 20.1. The summed E-state index contributed by atoms with van der Waals surface area (Å²) in [4.78, 5) is 19.0. The number of nitrogens with zero attached hydrogens (tertiary/aromatic N) is 2. The molecule has 0 radical (unpaired) electrons. The number of nitrogens with one attached hydrogen (secondary N) is 2. The molecule has 0 aliphatic carbocycles. The van der Waals surface area contributed by atoms with Crippen LogP contribution in [0.3, 0.4) is 0 Å². The summed E-state index contributed by atoms with van der Waals surface area (Å²) < 4.78 is 42.2. The first kappa shape index (κ1) is 19.7. The predicted molar refractivity (Wildman–Crippen MR) is 106 cm³/mol. The number of amides is 1. The summed E-state index contributed by atoms with van der Waals surface area (Å²) in [5.74, 6) is -1.17. The van der Waals surface area contributed by atoms with E-state index in [-0.39, 0.29) is 23.9 Å². The Kier molecular flexibility index (Phi) is 5.71. The van der Waals surface area contributed by atoms with Crippen LogP contribution in [-0.2, 0) is 4.79 Å². The quantitative estimate of drug-likeness (QED) is 0.819. The highest BCUT2D eigenvalue weighted by atomic mass is 19.1. The number of anilines is 2. The standard InChI is InChI=1S/C21H23F3N4O/c22-14-1-2-18(24)17(11-14)16-5-9-26-20(28-10-6-15(23)12-28)19(16)27-21(29)13-3-7-25-8-4-13/h1-2,5,9,11,13,15,25H,3-4,6-8,10,12H2,(H,27,29). The highest BCUT2D eigenvalue weighted by Gasteiger charge is 2.29. The number of halogens is 3. The minimum atomic E-state index is -0.987. The molecule has 3 heterocycles. The van der Waals surface area contributed by atoms with Gasteiger partial charge in [-0.15, -0.1) is 0 Å². The molecule has 1 amide bonds. The SMILES string of the molecule is O=C(Nc1c(-c2cc(F)ccc2F)ccnc1N1CCC(F)C1)C1CCNCC1. The second-order valence-corrected chi connectivity index (χ2v) is 7.53. The Labute approximate surface area is 167 Å². The predicted octanol–water partition coefficient (Wildman–Crippen LogP) is 3.51. The van der Waals surface area contributed by atoms with Crippen molar-refractivity contribution in [1.82, 2.24) is 10.3 Å². The molecule has 5 nitrogen and oxygen atoms in total. The third kappa shape index (κ3) is 4.22. The molecule has 4 rings (SSSR count). The molecule has 2 aliphatic rings. The first-order chi connectivity index (χ1) is 14.0. The van der Waals surface area contributed by atoms with Crippen LogP contribution < -0.4 is 15.5 Å². The lowest BCUT2D eigenvalue weighted by molar-refractivity contribution is -0.120. The summed E-state index contributed by atoms with van der Waals surface area (Å²) in [6.45, 7) is 2.09.